The molecule has 5 heteroatoms. The van der Waals surface area contributed by atoms with Crippen LogP contribution in [0.25, 0.3) is 0 Å². The molecule has 0 aromatic carbocycles. The summed E-state index contributed by atoms with van der Waals surface area (Å²) >= 11 is 1.82. The van der Waals surface area contributed by atoms with Crippen molar-refractivity contribution in [3.8, 4) is 0 Å². The van der Waals surface area contributed by atoms with Crippen LogP contribution in [-0.4, -0.2) is 35.1 Å². The summed E-state index contributed by atoms with van der Waals surface area (Å²) in [5, 5.41) is 6.52. The van der Waals surface area contributed by atoms with Gasteiger partial charge in [0.2, 0.25) is 0 Å². The van der Waals surface area contributed by atoms with Gasteiger partial charge in [-0.2, -0.15) is 11.8 Å². The monoisotopic (exact) mass is 240 g/mol. The second kappa shape index (κ2) is 7.33. The minimum atomic E-state index is 0.858. The van der Waals surface area contributed by atoms with Crippen LogP contribution in [0.3, 0.4) is 0 Å². The Morgan fingerprint density at radius 2 is 1.88 bits per heavy atom. The third kappa shape index (κ3) is 4.26. The van der Waals surface area contributed by atoms with Crippen molar-refractivity contribution in [2.45, 2.75) is 20.3 Å². The van der Waals surface area contributed by atoms with Gasteiger partial charge in [-0.3, -0.25) is 0 Å². The Morgan fingerprint density at radius 3 is 2.44 bits per heavy atom. The molecule has 0 aliphatic carbocycles. The molecule has 1 aromatic rings. The van der Waals surface area contributed by atoms with E-state index in [0.29, 0.717) is 0 Å². The lowest BCUT2D eigenvalue weighted by atomic mass is 10.4. The fourth-order valence-corrected chi connectivity index (χ4v) is 1.60. The molecule has 1 rings (SSSR count). The predicted molar refractivity (Wildman–Crippen MR) is 72.4 cm³/mol. The first-order valence-electron chi connectivity index (χ1n) is 5.64. The molecule has 4 nitrogen and oxygen atoms in total. The molecule has 1 aromatic heterocycles. The molecule has 0 unspecified atom stereocenters. The van der Waals surface area contributed by atoms with Crippen molar-refractivity contribution in [1.29, 1.82) is 0 Å². The summed E-state index contributed by atoms with van der Waals surface area (Å²) in [4.78, 5) is 8.84. The van der Waals surface area contributed by atoms with E-state index in [9.17, 15) is 0 Å². The van der Waals surface area contributed by atoms with Gasteiger partial charge in [-0.1, -0.05) is 6.92 Å². The molecule has 0 aliphatic heterocycles. The zero-order valence-corrected chi connectivity index (χ0v) is 11.0. The van der Waals surface area contributed by atoms with Gasteiger partial charge in [0.1, 0.15) is 17.5 Å². The highest BCUT2D eigenvalue weighted by molar-refractivity contribution is 7.98. The van der Waals surface area contributed by atoms with Crippen LogP contribution in [0.15, 0.2) is 6.07 Å². The lowest BCUT2D eigenvalue weighted by molar-refractivity contribution is 0.933. The second-order valence-corrected chi connectivity index (χ2v) is 4.34. The molecule has 2 N–H and O–H groups in total. The Hall–Kier alpha value is -0.970. The maximum absolute atomic E-state index is 4.43. The van der Waals surface area contributed by atoms with Gasteiger partial charge in [0.25, 0.3) is 0 Å². The molecule has 0 aliphatic rings. The highest BCUT2D eigenvalue weighted by Crippen LogP contribution is 2.11. The van der Waals surface area contributed by atoms with Crippen LogP contribution in [0.2, 0.25) is 0 Å². The molecule has 0 spiro atoms. The number of aromatic nitrogens is 2. The van der Waals surface area contributed by atoms with E-state index in [4.69, 9.17) is 0 Å². The number of anilines is 2. The molecular formula is C11H20N4S. The van der Waals surface area contributed by atoms with Crippen LogP contribution in [-0.2, 0) is 6.42 Å². The predicted octanol–water partition coefficient (Wildman–Crippen LogP) is 2.25. The first kappa shape index (κ1) is 13.1. The smallest absolute Gasteiger partial charge is 0.132 e. The summed E-state index contributed by atoms with van der Waals surface area (Å²) in [5.41, 5.74) is 0. The van der Waals surface area contributed by atoms with Crippen molar-refractivity contribution in [1.82, 2.24) is 9.97 Å². The van der Waals surface area contributed by atoms with Gasteiger partial charge >= 0.3 is 0 Å². The zero-order valence-electron chi connectivity index (χ0n) is 10.2. The van der Waals surface area contributed by atoms with Gasteiger partial charge in [-0.15, -0.1) is 0 Å². The number of rotatable bonds is 7. The topological polar surface area (TPSA) is 49.8 Å². The lowest BCUT2D eigenvalue weighted by Crippen LogP contribution is -2.09. The van der Waals surface area contributed by atoms with Crippen LogP contribution >= 0.6 is 11.8 Å². The summed E-state index contributed by atoms with van der Waals surface area (Å²) in [6.45, 7) is 5.95. The maximum Gasteiger partial charge on any atom is 0.132 e. The van der Waals surface area contributed by atoms with Crippen molar-refractivity contribution < 1.29 is 0 Å². The summed E-state index contributed by atoms with van der Waals surface area (Å²) in [7, 11) is 0. The summed E-state index contributed by atoms with van der Waals surface area (Å²) in [6, 6.07) is 1.96. The first-order valence-corrected chi connectivity index (χ1v) is 7.04. The van der Waals surface area contributed by atoms with Crippen molar-refractivity contribution in [3.63, 3.8) is 0 Å². The van der Waals surface area contributed by atoms with Gasteiger partial charge in [-0.05, 0) is 13.2 Å². The number of thioether (sulfide) groups is 1. The Bertz CT molecular complexity index is 317. The Balaban J connectivity index is 2.69. The van der Waals surface area contributed by atoms with Crippen LogP contribution in [0.4, 0.5) is 11.6 Å². The highest BCUT2D eigenvalue weighted by atomic mass is 32.2. The molecule has 90 valence electrons. The number of nitrogens with zero attached hydrogens (tertiary/aromatic N) is 2. The molecule has 16 heavy (non-hydrogen) atoms. The average Bonchev–Trinajstić information content (AvgIpc) is 2.29. The van der Waals surface area contributed by atoms with Crippen molar-refractivity contribution in [2.24, 2.45) is 0 Å². The molecule has 0 amide bonds. The number of hydrogen-bond donors (Lipinski definition) is 2. The second-order valence-electron chi connectivity index (χ2n) is 3.36. The van der Waals surface area contributed by atoms with E-state index in [0.717, 1.165) is 42.7 Å². The molecule has 1 heterocycles. The largest absolute Gasteiger partial charge is 0.370 e. The highest BCUT2D eigenvalue weighted by Gasteiger charge is 2.02. The van der Waals surface area contributed by atoms with E-state index in [1.54, 1.807) is 0 Å². The van der Waals surface area contributed by atoms with Crippen molar-refractivity contribution in [2.75, 3.05) is 35.7 Å². The summed E-state index contributed by atoms with van der Waals surface area (Å²) < 4.78 is 0. The maximum atomic E-state index is 4.43. The van der Waals surface area contributed by atoms with E-state index >= 15 is 0 Å². The minimum Gasteiger partial charge on any atom is -0.370 e. The Morgan fingerprint density at radius 1 is 1.19 bits per heavy atom. The van der Waals surface area contributed by atoms with Gasteiger partial charge in [0, 0.05) is 31.3 Å². The standard InChI is InChI=1S/C11H20N4S/c1-4-9-14-10(12-5-2)8-11(15-9)13-6-7-16-3/h8H,4-7H2,1-3H3,(H2,12,13,14,15). The summed E-state index contributed by atoms with van der Waals surface area (Å²) in [5.74, 6) is 3.78. The van der Waals surface area contributed by atoms with Gasteiger partial charge in [0.15, 0.2) is 0 Å². The number of aryl methyl sites for hydroxylation is 1. The first-order chi connectivity index (χ1) is 7.80. The quantitative estimate of drug-likeness (QED) is 0.716. The van der Waals surface area contributed by atoms with Crippen LogP contribution in [0.1, 0.15) is 19.7 Å². The molecule has 0 saturated carbocycles. The average molecular weight is 240 g/mol. The molecule has 0 radical (unpaired) electrons. The van der Waals surface area contributed by atoms with Crippen LogP contribution < -0.4 is 10.6 Å². The van der Waals surface area contributed by atoms with Gasteiger partial charge < -0.3 is 10.6 Å². The lowest BCUT2D eigenvalue weighted by Gasteiger charge is -2.09. The van der Waals surface area contributed by atoms with Crippen molar-refractivity contribution >= 4 is 23.4 Å². The van der Waals surface area contributed by atoms with E-state index in [-0.39, 0.29) is 0 Å². The fourth-order valence-electron chi connectivity index (χ4n) is 1.30. The zero-order chi connectivity index (χ0) is 11.8. The van der Waals surface area contributed by atoms with E-state index in [1.807, 2.05) is 17.8 Å². The van der Waals surface area contributed by atoms with E-state index < -0.39 is 0 Å². The molecule has 0 saturated heterocycles. The van der Waals surface area contributed by atoms with E-state index in [2.05, 4.69) is 40.7 Å². The Kier molecular flexibility index (Phi) is 6.00. The van der Waals surface area contributed by atoms with Crippen molar-refractivity contribution in [3.05, 3.63) is 11.9 Å². The molecule has 0 fully saturated rings. The third-order valence-corrected chi connectivity index (χ3v) is 2.67. The summed E-state index contributed by atoms with van der Waals surface area (Å²) in [6.07, 6.45) is 2.96. The normalized spacial score (nSPS) is 10.2. The number of hydrogen-bond acceptors (Lipinski definition) is 5. The van der Waals surface area contributed by atoms with E-state index in [1.165, 1.54) is 0 Å². The third-order valence-electron chi connectivity index (χ3n) is 2.06. The van der Waals surface area contributed by atoms with Gasteiger partial charge in [-0.25, -0.2) is 9.97 Å². The minimum absolute atomic E-state index is 0.858. The van der Waals surface area contributed by atoms with Gasteiger partial charge in [0.05, 0.1) is 0 Å². The number of nitrogens with one attached hydrogen (secondary N) is 2. The van der Waals surface area contributed by atoms with Crippen LogP contribution in [0, 0.1) is 0 Å². The molecule has 0 atom stereocenters. The molecular weight excluding hydrogens is 220 g/mol. The Labute approximate surface area is 102 Å². The van der Waals surface area contributed by atoms with Crippen LogP contribution in [0.5, 0.6) is 0 Å². The fraction of sp³-hybridized carbons (Fsp3) is 0.636. The molecule has 0 bridgehead atoms. The SMILES string of the molecule is CCNc1cc(NCCSC)nc(CC)n1.